The Morgan fingerprint density at radius 3 is 2.07 bits per heavy atom. The van der Waals surface area contributed by atoms with Gasteiger partial charge in [-0.3, -0.25) is 19.4 Å². The fourth-order valence-electron chi connectivity index (χ4n) is 2.11. The third-order valence-electron chi connectivity index (χ3n) is 3.57. The molecule has 0 radical (unpaired) electrons. The van der Waals surface area contributed by atoms with Gasteiger partial charge in [-0.15, -0.1) is 0 Å². The molecule has 3 atom stereocenters. The van der Waals surface area contributed by atoms with Crippen molar-refractivity contribution in [3.05, 3.63) is 0 Å². The van der Waals surface area contributed by atoms with Crippen molar-refractivity contribution < 1.29 is 24.3 Å². The molecule has 0 saturated carbocycles. The number of hydrogen-bond donors (Lipinski definition) is 7. The quantitative estimate of drug-likeness (QED) is 0.103. The minimum Gasteiger partial charge on any atom is -0.480 e. The summed E-state index contributed by atoms with van der Waals surface area (Å²) in [6, 6.07) is -3.41. The Hall–Kier alpha value is -2.89. The summed E-state index contributed by atoms with van der Waals surface area (Å²) in [5.74, 6) is -4.03. The Balaban J connectivity index is 4.83. The first kappa shape index (κ1) is 24.1. The van der Waals surface area contributed by atoms with Gasteiger partial charge in [0, 0.05) is 6.54 Å². The lowest BCUT2D eigenvalue weighted by molar-refractivity contribution is -0.144. The van der Waals surface area contributed by atoms with Gasteiger partial charge in [-0.05, 0) is 18.8 Å². The maximum absolute atomic E-state index is 12.3. The van der Waals surface area contributed by atoms with Crippen LogP contribution in [0.2, 0.25) is 0 Å². The molecule has 12 heteroatoms. The molecular formula is C15H29N7O5. The molecule has 0 aromatic heterocycles. The van der Waals surface area contributed by atoms with Crippen LogP contribution in [0.25, 0.3) is 0 Å². The Morgan fingerprint density at radius 1 is 1.04 bits per heavy atom. The van der Waals surface area contributed by atoms with Gasteiger partial charge in [0.25, 0.3) is 0 Å². The summed E-state index contributed by atoms with van der Waals surface area (Å²) in [7, 11) is 0. The average Bonchev–Trinajstić information content (AvgIpc) is 2.54. The predicted octanol–water partition coefficient (Wildman–Crippen LogP) is -3.05. The molecule has 0 aliphatic heterocycles. The van der Waals surface area contributed by atoms with Gasteiger partial charge in [-0.25, -0.2) is 4.79 Å². The maximum atomic E-state index is 12.3. The molecular weight excluding hydrogens is 358 g/mol. The summed E-state index contributed by atoms with van der Waals surface area (Å²) in [6.45, 7) is 3.64. The zero-order chi connectivity index (χ0) is 21.1. The molecule has 0 rings (SSSR count). The molecule has 0 aliphatic carbocycles. The maximum Gasteiger partial charge on any atom is 0.326 e. The molecule has 27 heavy (non-hydrogen) atoms. The molecule has 3 amide bonds. The standard InChI is InChI=1S/C15H29N7O5/c1-7(2)11(13(25)21-9(14(26)27)6-10(17)23)22-12(24)8(16)4-3-5-20-15(18)19/h7-9,11H,3-6,16H2,1-2H3,(H2,17,23)(H,21,25)(H,22,24)(H,26,27)(H4,18,19,20)/t8-,9-,11-/m0/s1. The van der Waals surface area contributed by atoms with Crippen molar-refractivity contribution in [1.29, 1.82) is 0 Å². The van der Waals surface area contributed by atoms with E-state index in [9.17, 15) is 19.2 Å². The van der Waals surface area contributed by atoms with Gasteiger partial charge in [0.05, 0.1) is 12.5 Å². The lowest BCUT2D eigenvalue weighted by atomic mass is 10.0. The predicted molar refractivity (Wildman–Crippen MR) is 98.0 cm³/mol. The van der Waals surface area contributed by atoms with Crippen molar-refractivity contribution in [2.75, 3.05) is 6.54 Å². The van der Waals surface area contributed by atoms with Gasteiger partial charge in [-0.1, -0.05) is 13.8 Å². The van der Waals surface area contributed by atoms with E-state index in [1.165, 1.54) is 0 Å². The van der Waals surface area contributed by atoms with Crippen LogP contribution >= 0.6 is 0 Å². The number of primary amides is 1. The van der Waals surface area contributed by atoms with Crippen LogP contribution in [0.15, 0.2) is 4.99 Å². The summed E-state index contributed by atoms with van der Waals surface area (Å²) < 4.78 is 0. The Labute approximate surface area is 157 Å². The van der Waals surface area contributed by atoms with Gasteiger partial charge in [0.1, 0.15) is 12.1 Å². The molecule has 0 fully saturated rings. The molecule has 0 heterocycles. The number of aliphatic imine (C=N–C) groups is 1. The van der Waals surface area contributed by atoms with E-state index in [1.54, 1.807) is 13.8 Å². The molecule has 0 aromatic rings. The third kappa shape index (κ3) is 9.99. The van der Waals surface area contributed by atoms with Gasteiger partial charge in [-0.2, -0.15) is 0 Å². The molecule has 0 aromatic carbocycles. The van der Waals surface area contributed by atoms with E-state index in [-0.39, 0.29) is 18.3 Å². The van der Waals surface area contributed by atoms with E-state index in [0.717, 1.165) is 0 Å². The van der Waals surface area contributed by atoms with Crippen LogP contribution in [0.4, 0.5) is 0 Å². The van der Waals surface area contributed by atoms with Gasteiger partial charge in [0.2, 0.25) is 17.7 Å². The number of guanidine groups is 1. The summed E-state index contributed by atoms with van der Waals surface area (Å²) in [6.07, 6.45) is 0.184. The molecule has 0 bridgehead atoms. The number of hydrogen-bond acceptors (Lipinski definition) is 6. The number of carboxylic acids is 1. The van der Waals surface area contributed by atoms with E-state index in [4.69, 9.17) is 28.0 Å². The molecule has 154 valence electrons. The minimum absolute atomic E-state index is 0.0616. The van der Waals surface area contributed by atoms with Crippen LogP contribution < -0.4 is 33.6 Å². The third-order valence-corrected chi connectivity index (χ3v) is 3.57. The van der Waals surface area contributed by atoms with E-state index in [1.807, 2.05) is 0 Å². The highest BCUT2D eigenvalue weighted by atomic mass is 16.4. The number of carbonyl (C=O) groups is 4. The highest BCUT2D eigenvalue weighted by Gasteiger charge is 2.30. The number of nitrogens with zero attached hydrogens (tertiary/aromatic N) is 1. The first-order chi connectivity index (χ1) is 12.5. The van der Waals surface area contributed by atoms with E-state index >= 15 is 0 Å². The number of rotatable bonds is 12. The monoisotopic (exact) mass is 387 g/mol. The second-order valence-corrected chi connectivity index (χ2v) is 6.36. The molecule has 0 unspecified atom stereocenters. The van der Waals surface area contributed by atoms with Crippen molar-refractivity contribution in [3.63, 3.8) is 0 Å². The molecule has 0 aliphatic rings. The largest absolute Gasteiger partial charge is 0.480 e. The highest BCUT2D eigenvalue weighted by Crippen LogP contribution is 2.05. The number of nitrogens with one attached hydrogen (secondary N) is 2. The first-order valence-corrected chi connectivity index (χ1v) is 8.38. The lowest BCUT2D eigenvalue weighted by Gasteiger charge is -2.25. The van der Waals surface area contributed by atoms with Crippen LogP contribution in [0.3, 0.4) is 0 Å². The smallest absolute Gasteiger partial charge is 0.326 e. The van der Waals surface area contributed by atoms with Crippen LogP contribution in [0.5, 0.6) is 0 Å². The van der Waals surface area contributed by atoms with Crippen LogP contribution in [0, 0.1) is 5.92 Å². The van der Waals surface area contributed by atoms with E-state index in [2.05, 4.69) is 15.6 Å². The van der Waals surface area contributed by atoms with Gasteiger partial charge >= 0.3 is 5.97 Å². The summed E-state index contributed by atoms with van der Waals surface area (Å²) in [4.78, 5) is 50.4. The van der Waals surface area contributed by atoms with Crippen molar-refractivity contribution in [3.8, 4) is 0 Å². The van der Waals surface area contributed by atoms with Crippen molar-refractivity contribution in [2.24, 2.45) is 33.8 Å². The van der Waals surface area contributed by atoms with Gasteiger partial charge < -0.3 is 38.7 Å². The molecule has 12 nitrogen and oxygen atoms in total. The second kappa shape index (κ2) is 11.7. The lowest BCUT2D eigenvalue weighted by Crippen LogP contribution is -2.56. The van der Waals surface area contributed by atoms with Gasteiger partial charge in [0.15, 0.2) is 5.96 Å². The summed E-state index contributed by atoms with van der Waals surface area (Å²) in [5, 5.41) is 13.8. The average molecular weight is 387 g/mol. The van der Waals surface area contributed by atoms with Crippen LogP contribution in [-0.4, -0.2) is 59.4 Å². The van der Waals surface area contributed by atoms with Crippen molar-refractivity contribution in [1.82, 2.24) is 10.6 Å². The fraction of sp³-hybridized carbons (Fsp3) is 0.667. The fourth-order valence-corrected chi connectivity index (χ4v) is 2.11. The first-order valence-electron chi connectivity index (χ1n) is 8.38. The second-order valence-electron chi connectivity index (χ2n) is 6.36. The Morgan fingerprint density at radius 2 is 1.63 bits per heavy atom. The highest BCUT2D eigenvalue weighted by molar-refractivity contribution is 5.93. The van der Waals surface area contributed by atoms with Crippen molar-refractivity contribution >= 4 is 29.7 Å². The number of aliphatic carboxylic acids is 1. The summed E-state index contributed by atoms with van der Waals surface area (Å²) in [5.41, 5.74) is 21.2. The SMILES string of the molecule is CC(C)[C@H](NC(=O)[C@@H](N)CCCN=C(N)N)C(=O)N[C@@H](CC(N)=O)C(=O)O. The molecule has 0 spiro atoms. The van der Waals surface area contributed by atoms with Crippen LogP contribution in [-0.2, 0) is 19.2 Å². The number of nitrogens with two attached hydrogens (primary N) is 4. The zero-order valence-electron chi connectivity index (χ0n) is 15.5. The number of carboxylic acid groups (broad SMARTS) is 1. The number of amides is 3. The minimum atomic E-state index is -1.48. The molecule has 0 saturated heterocycles. The van der Waals surface area contributed by atoms with Crippen LogP contribution in [0.1, 0.15) is 33.1 Å². The normalized spacial score (nSPS) is 13.9. The number of carbonyl (C=O) groups excluding carboxylic acids is 3. The van der Waals surface area contributed by atoms with E-state index in [0.29, 0.717) is 13.0 Å². The Bertz CT molecular complexity index is 575. The summed E-state index contributed by atoms with van der Waals surface area (Å²) >= 11 is 0. The zero-order valence-corrected chi connectivity index (χ0v) is 15.5. The molecule has 11 N–H and O–H groups in total. The topological polar surface area (TPSA) is 229 Å². The van der Waals surface area contributed by atoms with Crippen molar-refractivity contribution in [2.45, 2.75) is 51.2 Å². The Kier molecular flexibility index (Phi) is 10.4. The van der Waals surface area contributed by atoms with E-state index < -0.39 is 48.2 Å².